The second-order valence-corrected chi connectivity index (χ2v) is 8.59. The lowest BCUT2D eigenvalue weighted by atomic mass is 9.90. The van der Waals surface area contributed by atoms with Crippen molar-refractivity contribution < 1.29 is 19.1 Å². The summed E-state index contributed by atoms with van der Waals surface area (Å²) in [5, 5.41) is 2.92. The molecule has 0 fully saturated rings. The number of hydrogen-bond acceptors (Lipinski definition) is 5. The molecule has 2 amide bonds. The number of ether oxygens (including phenoxy) is 2. The Balaban J connectivity index is 1.47. The van der Waals surface area contributed by atoms with E-state index < -0.39 is 5.41 Å². The van der Waals surface area contributed by atoms with E-state index in [4.69, 9.17) is 9.47 Å². The molecule has 1 aliphatic heterocycles. The van der Waals surface area contributed by atoms with Crippen LogP contribution in [0.5, 0.6) is 11.6 Å². The first-order valence-electron chi connectivity index (χ1n) is 10.8. The van der Waals surface area contributed by atoms with E-state index in [9.17, 15) is 9.59 Å². The van der Waals surface area contributed by atoms with Gasteiger partial charge < -0.3 is 14.8 Å². The molecule has 0 saturated carbocycles. The van der Waals surface area contributed by atoms with Gasteiger partial charge in [0.05, 0.1) is 17.6 Å². The molecule has 3 aromatic rings. The minimum Gasteiger partial charge on any atom is -0.490 e. The number of fused-ring (bicyclic) bond motifs is 1. The topological polar surface area (TPSA) is 80.8 Å². The fraction of sp³-hybridized carbons (Fsp3) is 0.269. The first kappa shape index (κ1) is 22.3. The van der Waals surface area contributed by atoms with Crippen LogP contribution in [0.2, 0.25) is 0 Å². The Morgan fingerprint density at radius 1 is 1.09 bits per heavy atom. The Kier molecular flexibility index (Phi) is 6.31. The van der Waals surface area contributed by atoms with Gasteiger partial charge in [-0.2, -0.15) is 0 Å². The Bertz CT molecular complexity index is 1140. The van der Waals surface area contributed by atoms with Crippen LogP contribution < -0.4 is 19.7 Å². The van der Waals surface area contributed by atoms with Crippen LogP contribution in [0.4, 0.5) is 16.2 Å². The molecule has 1 N–H and O–H groups in total. The highest BCUT2D eigenvalue weighted by Gasteiger charge is 2.25. The molecule has 0 saturated heterocycles. The number of amides is 2. The van der Waals surface area contributed by atoms with Gasteiger partial charge in [0.25, 0.3) is 0 Å². The number of nitrogens with one attached hydrogen (secondary N) is 1. The van der Waals surface area contributed by atoms with Gasteiger partial charge in [-0.25, -0.2) is 9.78 Å². The summed E-state index contributed by atoms with van der Waals surface area (Å²) in [6.45, 7) is 6.40. The molecule has 0 radical (unpaired) electrons. The predicted octanol–water partition coefficient (Wildman–Crippen LogP) is 5.17. The summed E-state index contributed by atoms with van der Waals surface area (Å²) in [5.74, 6) is 1.18. The fourth-order valence-corrected chi connectivity index (χ4v) is 3.32. The molecule has 0 unspecified atom stereocenters. The zero-order valence-corrected chi connectivity index (χ0v) is 19.0. The number of urea groups is 1. The van der Waals surface area contributed by atoms with E-state index in [0.29, 0.717) is 24.8 Å². The van der Waals surface area contributed by atoms with Gasteiger partial charge in [-0.3, -0.25) is 9.69 Å². The lowest BCUT2D eigenvalue weighted by Gasteiger charge is -2.30. The van der Waals surface area contributed by atoms with Crippen molar-refractivity contribution in [1.29, 1.82) is 0 Å². The van der Waals surface area contributed by atoms with E-state index in [0.717, 1.165) is 22.5 Å². The third-order valence-corrected chi connectivity index (χ3v) is 5.70. The number of para-hydroxylation sites is 1. The Morgan fingerprint density at radius 2 is 1.85 bits per heavy atom. The normalized spacial score (nSPS) is 13.0. The molecule has 7 heteroatoms. The Morgan fingerprint density at radius 3 is 2.55 bits per heavy atom. The van der Waals surface area contributed by atoms with Gasteiger partial charge in [0.1, 0.15) is 24.7 Å². The maximum Gasteiger partial charge on any atom is 0.326 e. The molecular formula is C26H27N3O4. The first-order valence-corrected chi connectivity index (χ1v) is 10.8. The minimum absolute atomic E-state index is 0.0691. The summed E-state index contributed by atoms with van der Waals surface area (Å²) in [6.07, 6.45) is 1.72. The molecule has 2 aromatic carbocycles. The maximum atomic E-state index is 12.8. The number of carbonyl (C=O) groups is 2. The van der Waals surface area contributed by atoms with E-state index in [1.807, 2.05) is 68.4 Å². The van der Waals surface area contributed by atoms with Gasteiger partial charge in [0, 0.05) is 23.5 Å². The van der Waals surface area contributed by atoms with Crippen molar-refractivity contribution in [2.75, 3.05) is 30.0 Å². The monoisotopic (exact) mass is 445 g/mol. The molecule has 0 spiro atoms. The molecular weight excluding hydrogens is 418 g/mol. The van der Waals surface area contributed by atoms with Crippen molar-refractivity contribution in [3.63, 3.8) is 0 Å². The summed E-state index contributed by atoms with van der Waals surface area (Å²) in [5.41, 5.74) is 2.71. The van der Waals surface area contributed by atoms with E-state index >= 15 is 0 Å². The number of aromatic nitrogens is 1. The van der Waals surface area contributed by atoms with Gasteiger partial charge >= 0.3 is 6.03 Å². The average molecular weight is 446 g/mol. The van der Waals surface area contributed by atoms with E-state index in [1.54, 1.807) is 24.1 Å². The summed E-state index contributed by atoms with van der Waals surface area (Å²) in [6, 6.07) is 18.6. The fourth-order valence-electron chi connectivity index (χ4n) is 3.32. The lowest BCUT2D eigenvalue weighted by Crippen LogP contribution is -2.40. The summed E-state index contributed by atoms with van der Waals surface area (Å²) in [7, 11) is 0. The van der Waals surface area contributed by atoms with Crippen LogP contribution in [-0.4, -0.2) is 36.6 Å². The molecule has 1 aliphatic rings. The van der Waals surface area contributed by atoms with Crippen LogP contribution in [0.15, 0.2) is 66.9 Å². The largest absolute Gasteiger partial charge is 0.490 e. The SMILES string of the molecule is CC(=O)C(C)(C)COc1ccc(-c2ccc3c(c2)OCCN3C(=O)Nc2ccccc2)cn1. The van der Waals surface area contributed by atoms with Crippen molar-refractivity contribution in [2.45, 2.75) is 20.8 Å². The Labute approximate surface area is 193 Å². The maximum absolute atomic E-state index is 12.8. The molecule has 2 heterocycles. The third kappa shape index (κ3) is 5.14. The van der Waals surface area contributed by atoms with E-state index in [1.165, 1.54) is 0 Å². The van der Waals surface area contributed by atoms with Crippen molar-refractivity contribution in [2.24, 2.45) is 5.41 Å². The second-order valence-electron chi connectivity index (χ2n) is 8.59. The number of anilines is 2. The van der Waals surface area contributed by atoms with Crippen LogP contribution >= 0.6 is 0 Å². The van der Waals surface area contributed by atoms with Gasteiger partial charge in [-0.05, 0) is 56.7 Å². The number of pyridine rings is 1. The number of ketones is 1. The van der Waals surface area contributed by atoms with Gasteiger partial charge in [-0.15, -0.1) is 0 Å². The van der Waals surface area contributed by atoms with Crippen LogP contribution in [0.3, 0.4) is 0 Å². The zero-order chi connectivity index (χ0) is 23.4. The van der Waals surface area contributed by atoms with E-state index in [2.05, 4.69) is 10.3 Å². The van der Waals surface area contributed by atoms with Crippen molar-refractivity contribution in [3.05, 3.63) is 66.9 Å². The van der Waals surface area contributed by atoms with Crippen LogP contribution in [0.1, 0.15) is 20.8 Å². The molecule has 4 rings (SSSR count). The van der Waals surface area contributed by atoms with Crippen molar-refractivity contribution in [1.82, 2.24) is 4.98 Å². The number of benzene rings is 2. The summed E-state index contributed by atoms with van der Waals surface area (Å²) < 4.78 is 11.5. The molecule has 170 valence electrons. The second kappa shape index (κ2) is 9.32. The standard InChI is InChI=1S/C26H27N3O4/c1-18(30)26(2,3)17-33-24-12-10-20(16-27-24)19-9-11-22-23(15-19)32-14-13-29(22)25(31)28-21-7-5-4-6-8-21/h4-12,15-16H,13-14,17H2,1-3H3,(H,28,31). The van der Waals surface area contributed by atoms with Gasteiger partial charge in [0.2, 0.25) is 5.88 Å². The molecule has 7 nitrogen and oxygen atoms in total. The highest BCUT2D eigenvalue weighted by atomic mass is 16.5. The predicted molar refractivity (Wildman–Crippen MR) is 128 cm³/mol. The van der Waals surface area contributed by atoms with Gasteiger partial charge in [-0.1, -0.05) is 24.3 Å². The number of rotatable bonds is 6. The van der Waals surface area contributed by atoms with Crippen LogP contribution in [0.25, 0.3) is 11.1 Å². The number of carbonyl (C=O) groups excluding carboxylic acids is 2. The number of nitrogens with zero attached hydrogens (tertiary/aromatic N) is 2. The number of hydrogen-bond donors (Lipinski definition) is 1. The zero-order valence-electron chi connectivity index (χ0n) is 19.0. The third-order valence-electron chi connectivity index (χ3n) is 5.70. The quantitative estimate of drug-likeness (QED) is 0.566. The van der Waals surface area contributed by atoms with E-state index in [-0.39, 0.29) is 18.4 Å². The summed E-state index contributed by atoms with van der Waals surface area (Å²) in [4.78, 5) is 30.5. The molecule has 0 bridgehead atoms. The smallest absolute Gasteiger partial charge is 0.326 e. The van der Waals surface area contributed by atoms with Crippen LogP contribution in [-0.2, 0) is 4.79 Å². The summed E-state index contributed by atoms with van der Waals surface area (Å²) >= 11 is 0. The highest BCUT2D eigenvalue weighted by molar-refractivity contribution is 6.03. The Hall–Kier alpha value is -3.87. The molecule has 1 aromatic heterocycles. The van der Waals surface area contributed by atoms with Gasteiger partial charge in [0.15, 0.2) is 0 Å². The molecule has 33 heavy (non-hydrogen) atoms. The highest BCUT2D eigenvalue weighted by Crippen LogP contribution is 2.36. The molecule has 0 atom stereocenters. The van der Waals surface area contributed by atoms with Crippen molar-refractivity contribution >= 4 is 23.2 Å². The molecule has 0 aliphatic carbocycles. The minimum atomic E-state index is -0.561. The first-order chi connectivity index (χ1) is 15.8. The number of Topliss-reactive ketones (excluding diaryl/α,β-unsaturated/α-hetero) is 1. The lowest BCUT2D eigenvalue weighted by molar-refractivity contribution is -0.126. The van der Waals surface area contributed by atoms with Crippen molar-refractivity contribution in [3.8, 4) is 22.8 Å². The average Bonchev–Trinajstić information content (AvgIpc) is 2.83. The van der Waals surface area contributed by atoms with Crippen LogP contribution in [0, 0.1) is 5.41 Å².